The Hall–Kier alpha value is -2.43. The van der Waals surface area contributed by atoms with Crippen LogP contribution in [0.1, 0.15) is 55.4 Å². The zero-order valence-corrected chi connectivity index (χ0v) is 18.0. The number of fused-ring (bicyclic) bond motifs is 1. The van der Waals surface area contributed by atoms with Crippen LogP contribution in [0.2, 0.25) is 0 Å². The molecule has 2 heterocycles. The number of aromatic nitrogens is 1. The SMILES string of the molecule is O=C(NC1C2CC3CC(C2)CC1C3)C1CCN(C(=O)c2nccc3ccccc23)CC1. The average molecular weight is 418 g/mol. The molecular weight excluding hydrogens is 386 g/mol. The predicted molar refractivity (Wildman–Crippen MR) is 119 cm³/mol. The summed E-state index contributed by atoms with van der Waals surface area (Å²) in [5.74, 6) is 3.50. The molecule has 0 unspecified atom stereocenters. The molecule has 31 heavy (non-hydrogen) atoms. The van der Waals surface area contributed by atoms with E-state index < -0.39 is 0 Å². The molecular formula is C26H31N3O2. The fourth-order valence-corrected chi connectivity index (χ4v) is 7.23. The molecule has 0 atom stereocenters. The van der Waals surface area contributed by atoms with Crippen LogP contribution >= 0.6 is 0 Å². The topological polar surface area (TPSA) is 62.3 Å². The lowest BCUT2D eigenvalue weighted by Crippen LogP contribution is -2.57. The minimum absolute atomic E-state index is 0.0169. The molecule has 5 nitrogen and oxygen atoms in total. The van der Waals surface area contributed by atoms with E-state index in [4.69, 9.17) is 0 Å². The van der Waals surface area contributed by atoms with E-state index in [1.165, 1.54) is 32.1 Å². The Balaban J connectivity index is 1.08. The van der Waals surface area contributed by atoms with Crippen LogP contribution in [0.15, 0.2) is 36.5 Å². The van der Waals surface area contributed by atoms with E-state index in [-0.39, 0.29) is 17.7 Å². The van der Waals surface area contributed by atoms with E-state index in [0.717, 1.165) is 35.4 Å². The highest BCUT2D eigenvalue weighted by atomic mass is 16.2. The van der Waals surface area contributed by atoms with Gasteiger partial charge in [-0.3, -0.25) is 14.6 Å². The van der Waals surface area contributed by atoms with Gasteiger partial charge >= 0.3 is 0 Å². The molecule has 7 rings (SSSR count). The van der Waals surface area contributed by atoms with Gasteiger partial charge in [0.2, 0.25) is 5.91 Å². The van der Waals surface area contributed by atoms with E-state index >= 15 is 0 Å². The second kappa shape index (κ2) is 7.61. The van der Waals surface area contributed by atoms with E-state index in [2.05, 4.69) is 10.3 Å². The zero-order valence-electron chi connectivity index (χ0n) is 18.0. The van der Waals surface area contributed by atoms with Crippen LogP contribution in [0, 0.1) is 29.6 Å². The number of carbonyl (C=O) groups excluding carboxylic acids is 2. The monoisotopic (exact) mass is 417 g/mol. The third-order valence-electron chi connectivity index (χ3n) is 8.56. The summed E-state index contributed by atoms with van der Waals surface area (Å²) in [4.78, 5) is 32.5. The molecule has 2 aromatic rings. The van der Waals surface area contributed by atoms with Crippen molar-refractivity contribution in [1.82, 2.24) is 15.2 Å². The number of amides is 2. The lowest BCUT2D eigenvalue weighted by atomic mass is 9.54. The van der Waals surface area contributed by atoms with Crippen molar-refractivity contribution in [3.8, 4) is 0 Å². The molecule has 1 aromatic carbocycles. The summed E-state index contributed by atoms with van der Waals surface area (Å²) in [6.07, 6.45) is 9.93. The highest BCUT2D eigenvalue weighted by Crippen LogP contribution is 2.53. The molecule has 0 radical (unpaired) electrons. The minimum atomic E-state index is -0.0169. The molecule has 4 bridgehead atoms. The van der Waals surface area contributed by atoms with Crippen molar-refractivity contribution >= 4 is 22.6 Å². The number of pyridine rings is 1. The number of nitrogens with one attached hydrogen (secondary N) is 1. The van der Waals surface area contributed by atoms with E-state index in [1.807, 2.05) is 35.2 Å². The lowest BCUT2D eigenvalue weighted by molar-refractivity contribution is -0.130. The standard InChI is InChI=1S/C26H31N3O2/c30-25(28-23-20-12-16-11-17(14-20)15-21(23)13-16)19-6-9-29(10-7-19)26(31)24-22-4-2-1-3-18(22)5-8-27-24/h1-5,8,16-17,19-21,23H,6-7,9-15H2,(H,28,30). The number of hydrogen-bond donors (Lipinski definition) is 1. The molecule has 5 aliphatic rings. The minimum Gasteiger partial charge on any atom is -0.353 e. The summed E-state index contributed by atoms with van der Waals surface area (Å²) in [7, 11) is 0. The largest absolute Gasteiger partial charge is 0.353 e. The lowest BCUT2D eigenvalue weighted by Gasteiger charge is -2.54. The number of carbonyl (C=O) groups is 2. The first kappa shape index (κ1) is 19.3. The van der Waals surface area contributed by atoms with Crippen LogP contribution in [0.5, 0.6) is 0 Å². The van der Waals surface area contributed by atoms with Crippen molar-refractivity contribution in [2.24, 2.45) is 29.6 Å². The number of piperidine rings is 1. The summed E-state index contributed by atoms with van der Waals surface area (Å²) in [5.41, 5.74) is 0.523. The zero-order chi connectivity index (χ0) is 20.9. The second-order valence-corrected chi connectivity index (χ2v) is 10.4. The Morgan fingerprint density at radius 3 is 2.29 bits per heavy atom. The Kier molecular flexibility index (Phi) is 4.73. The summed E-state index contributed by atoms with van der Waals surface area (Å²) < 4.78 is 0. The molecule has 1 N–H and O–H groups in total. The Morgan fingerprint density at radius 2 is 1.58 bits per heavy atom. The van der Waals surface area contributed by atoms with Crippen molar-refractivity contribution in [3.63, 3.8) is 0 Å². The summed E-state index contributed by atoms with van der Waals surface area (Å²) in [6.45, 7) is 1.26. The van der Waals surface area contributed by atoms with Gasteiger partial charge in [0.1, 0.15) is 5.69 Å². The smallest absolute Gasteiger partial charge is 0.273 e. The van der Waals surface area contributed by atoms with Gasteiger partial charge in [-0.1, -0.05) is 24.3 Å². The fourth-order valence-electron chi connectivity index (χ4n) is 7.23. The van der Waals surface area contributed by atoms with Gasteiger partial charge in [-0.25, -0.2) is 0 Å². The molecule has 5 heteroatoms. The van der Waals surface area contributed by atoms with E-state index in [9.17, 15) is 9.59 Å². The summed E-state index contributed by atoms with van der Waals surface area (Å²) in [6, 6.07) is 10.2. The Labute approximate surface area is 183 Å². The van der Waals surface area contributed by atoms with Crippen molar-refractivity contribution in [2.75, 3.05) is 13.1 Å². The van der Waals surface area contributed by atoms with Gasteiger partial charge in [0.15, 0.2) is 0 Å². The first-order valence-electron chi connectivity index (χ1n) is 12.1. The van der Waals surface area contributed by atoms with Crippen LogP contribution in [0.4, 0.5) is 0 Å². The molecule has 1 aliphatic heterocycles. The Morgan fingerprint density at radius 1 is 0.903 bits per heavy atom. The first-order valence-corrected chi connectivity index (χ1v) is 12.1. The summed E-state index contributed by atoms with van der Waals surface area (Å²) >= 11 is 0. The maximum Gasteiger partial charge on any atom is 0.273 e. The first-order chi connectivity index (χ1) is 15.2. The maximum absolute atomic E-state index is 13.1. The van der Waals surface area contributed by atoms with Crippen molar-refractivity contribution in [1.29, 1.82) is 0 Å². The second-order valence-electron chi connectivity index (χ2n) is 10.4. The van der Waals surface area contributed by atoms with Gasteiger partial charge in [0, 0.05) is 36.6 Å². The summed E-state index contributed by atoms with van der Waals surface area (Å²) in [5, 5.41) is 5.41. The molecule has 5 fully saturated rings. The van der Waals surface area contributed by atoms with Crippen molar-refractivity contribution < 1.29 is 9.59 Å². The molecule has 162 valence electrons. The van der Waals surface area contributed by atoms with Crippen LogP contribution in [0.3, 0.4) is 0 Å². The number of benzene rings is 1. The maximum atomic E-state index is 13.1. The highest BCUT2D eigenvalue weighted by molar-refractivity contribution is 6.05. The van der Waals surface area contributed by atoms with Crippen LogP contribution in [-0.4, -0.2) is 40.8 Å². The van der Waals surface area contributed by atoms with Crippen LogP contribution in [-0.2, 0) is 4.79 Å². The van der Waals surface area contributed by atoms with Gasteiger partial charge in [-0.15, -0.1) is 0 Å². The van der Waals surface area contributed by atoms with E-state index in [1.54, 1.807) is 6.20 Å². The van der Waals surface area contributed by atoms with Gasteiger partial charge in [0.25, 0.3) is 5.91 Å². The van der Waals surface area contributed by atoms with Crippen LogP contribution in [0.25, 0.3) is 10.8 Å². The number of rotatable bonds is 3. The molecule has 2 amide bonds. The predicted octanol–water partition coefficient (Wildman–Crippen LogP) is 4.03. The molecule has 1 aromatic heterocycles. The molecule has 4 saturated carbocycles. The highest BCUT2D eigenvalue weighted by Gasteiger charge is 2.49. The van der Waals surface area contributed by atoms with Gasteiger partial charge in [-0.2, -0.15) is 0 Å². The van der Waals surface area contributed by atoms with Crippen LogP contribution < -0.4 is 5.32 Å². The van der Waals surface area contributed by atoms with Gasteiger partial charge < -0.3 is 10.2 Å². The number of likely N-dealkylation sites (tertiary alicyclic amines) is 1. The Bertz CT molecular complexity index is 977. The fraction of sp³-hybridized carbons (Fsp3) is 0.577. The number of hydrogen-bond acceptors (Lipinski definition) is 3. The molecule has 4 aliphatic carbocycles. The van der Waals surface area contributed by atoms with Crippen molar-refractivity contribution in [3.05, 3.63) is 42.2 Å². The quantitative estimate of drug-likeness (QED) is 0.820. The number of nitrogens with zero attached hydrogens (tertiary/aromatic N) is 2. The van der Waals surface area contributed by atoms with Crippen molar-refractivity contribution in [2.45, 2.75) is 51.0 Å². The third kappa shape index (κ3) is 3.42. The van der Waals surface area contributed by atoms with Gasteiger partial charge in [-0.05, 0) is 80.1 Å². The van der Waals surface area contributed by atoms with Gasteiger partial charge in [0.05, 0.1) is 0 Å². The molecule has 1 saturated heterocycles. The average Bonchev–Trinajstić information content (AvgIpc) is 2.80. The normalized spacial score (nSPS) is 32.4. The molecule has 0 spiro atoms. The third-order valence-corrected chi connectivity index (χ3v) is 8.56. The van der Waals surface area contributed by atoms with E-state index in [0.29, 0.717) is 36.7 Å².